The predicted octanol–water partition coefficient (Wildman–Crippen LogP) is 3.78. The van der Waals surface area contributed by atoms with E-state index in [9.17, 15) is 0 Å². The molecule has 1 aromatic carbocycles. The fourth-order valence-electron chi connectivity index (χ4n) is 1.79. The van der Waals surface area contributed by atoms with Gasteiger partial charge in [-0.1, -0.05) is 37.8 Å². The minimum Gasteiger partial charge on any atom is -0.372 e. The molecule has 1 nitrogen and oxygen atoms in total. The van der Waals surface area contributed by atoms with Crippen LogP contribution in [0, 0.1) is 0 Å². The van der Waals surface area contributed by atoms with Crippen LogP contribution >= 0.6 is 0 Å². The van der Waals surface area contributed by atoms with E-state index in [1.54, 1.807) is 0 Å². The van der Waals surface area contributed by atoms with Gasteiger partial charge in [0, 0.05) is 27.6 Å². The maximum absolute atomic E-state index is 2.48. The van der Waals surface area contributed by atoms with Gasteiger partial charge in [-0.3, -0.25) is 0 Å². The molecule has 2 rings (SSSR count). The van der Waals surface area contributed by atoms with E-state index in [4.69, 9.17) is 0 Å². The van der Waals surface area contributed by atoms with Crippen molar-refractivity contribution in [2.24, 2.45) is 0 Å². The molecular weight excluding hydrogens is 210 g/mol. The summed E-state index contributed by atoms with van der Waals surface area (Å²) in [5.41, 5.74) is 1.39. The minimum atomic E-state index is -0.139. The fourth-order valence-corrected chi connectivity index (χ4v) is 1.79. The third-order valence-electron chi connectivity index (χ3n) is 2.48. The summed E-state index contributed by atoms with van der Waals surface area (Å²) in [4.78, 5) is 2.48. The average Bonchev–Trinajstić information content (AvgIpc) is 2.31. The summed E-state index contributed by atoms with van der Waals surface area (Å²) in [5, 5.41) is 0. The maximum Gasteiger partial charge on any atom is 0.0366 e. The summed E-state index contributed by atoms with van der Waals surface area (Å²) in [6.45, 7) is 9.40. The van der Waals surface area contributed by atoms with Crippen LogP contribution < -0.4 is 4.90 Å². The molecule has 0 unspecified atom stereocenters. The summed E-state index contributed by atoms with van der Waals surface area (Å²) in [6.07, 6.45) is 4.12. The van der Waals surface area contributed by atoms with Crippen LogP contribution in [0.15, 0.2) is 30.3 Å². The Morgan fingerprint density at radius 1 is 0.875 bits per heavy atom. The molecule has 0 amide bonds. The van der Waals surface area contributed by atoms with Gasteiger partial charge in [-0.15, -0.1) is 0 Å². The lowest BCUT2D eigenvalue weighted by Crippen LogP contribution is -2.29. The number of hydrogen-bond acceptors (Lipinski definition) is 1. The van der Waals surface area contributed by atoms with Crippen LogP contribution in [-0.4, -0.2) is 21.9 Å². The summed E-state index contributed by atoms with van der Waals surface area (Å²) in [6, 6.07) is 10.7. The third kappa shape index (κ3) is 5.36. The van der Waals surface area contributed by atoms with Crippen molar-refractivity contribution in [2.75, 3.05) is 18.0 Å². The van der Waals surface area contributed by atoms with Gasteiger partial charge in [-0.25, -0.2) is 0 Å². The Morgan fingerprint density at radius 2 is 1.38 bits per heavy atom. The Labute approximate surface area is 102 Å². The van der Waals surface area contributed by atoms with Crippen LogP contribution in [-0.2, 0) is 0 Å². The van der Waals surface area contributed by atoms with E-state index in [-0.39, 0.29) is 8.80 Å². The van der Waals surface area contributed by atoms with Gasteiger partial charge in [-0.05, 0) is 31.4 Å². The highest BCUT2D eigenvalue weighted by atomic mass is 28.3. The topological polar surface area (TPSA) is 3.24 Å². The largest absolute Gasteiger partial charge is 0.372 e. The summed E-state index contributed by atoms with van der Waals surface area (Å²) >= 11 is 0. The van der Waals surface area contributed by atoms with Crippen LogP contribution in [0.4, 0.5) is 5.69 Å². The second kappa shape index (κ2) is 7.50. The first-order valence-electron chi connectivity index (χ1n) is 6.50. The summed E-state index contributed by atoms with van der Waals surface area (Å²) < 4.78 is 0. The zero-order valence-corrected chi connectivity index (χ0v) is 12.1. The molecule has 1 fully saturated rings. The van der Waals surface area contributed by atoms with Crippen molar-refractivity contribution < 1.29 is 0 Å². The van der Waals surface area contributed by atoms with Gasteiger partial charge in [0.2, 0.25) is 0 Å². The SMILES string of the molecule is C[SiH](C)C.c1ccc(N2CCCCC2)cc1. The van der Waals surface area contributed by atoms with Gasteiger partial charge >= 0.3 is 0 Å². The predicted molar refractivity (Wildman–Crippen MR) is 77.2 cm³/mol. The number of hydrogen-bond donors (Lipinski definition) is 0. The smallest absolute Gasteiger partial charge is 0.0366 e. The van der Waals surface area contributed by atoms with Gasteiger partial charge in [0.05, 0.1) is 0 Å². The van der Waals surface area contributed by atoms with Gasteiger partial charge in [0.1, 0.15) is 0 Å². The Bertz CT molecular complexity index is 263. The molecule has 1 heterocycles. The Kier molecular flexibility index (Phi) is 6.24. The first kappa shape index (κ1) is 13.3. The number of rotatable bonds is 1. The lowest BCUT2D eigenvalue weighted by Gasteiger charge is -2.28. The lowest BCUT2D eigenvalue weighted by atomic mass is 10.1. The minimum absolute atomic E-state index is 0.139. The second-order valence-corrected chi connectivity index (χ2v) is 8.58. The van der Waals surface area contributed by atoms with E-state index >= 15 is 0 Å². The monoisotopic (exact) mass is 235 g/mol. The fraction of sp³-hybridized carbons (Fsp3) is 0.571. The van der Waals surface area contributed by atoms with Gasteiger partial charge in [0.15, 0.2) is 0 Å². The van der Waals surface area contributed by atoms with Crippen LogP contribution in [0.1, 0.15) is 19.3 Å². The lowest BCUT2D eigenvalue weighted by molar-refractivity contribution is 0.578. The highest BCUT2D eigenvalue weighted by Crippen LogP contribution is 2.18. The van der Waals surface area contributed by atoms with Crippen LogP contribution in [0.2, 0.25) is 19.6 Å². The Balaban J connectivity index is 0.000000280. The first-order chi connectivity index (χ1) is 7.70. The van der Waals surface area contributed by atoms with E-state index in [1.807, 2.05) is 0 Å². The highest BCUT2D eigenvalue weighted by molar-refractivity contribution is 6.54. The normalized spacial score (nSPS) is 15.6. The zero-order chi connectivity index (χ0) is 11.8. The summed E-state index contributed by atoms with van der Waals surface area (Å²) in [7, 11) is -0.139. The van der Waals surface area contributed by atoms with E-state index in [1.165, 1.54) is 38.0 Å². The molecule has 0 bridgehead atoms. The van der Waals surface area contributed by atoms with Crippen molar-refractivity contribution in [3.63, 3.8) is 0 Å². The molecule has 0 atom stereocenters. The van der Waals surface area contributed by atoms with Crippen molar-refractivity contribution in [3.8, 4) is 0 Å². The van der Waals surface area contributed by atoms with E-state index in [2.05, 4.69) is 54.9 Å². The average molecular weight is 235 g/mol. The number of piperidine rings is 1. The summed E-state index contributed by atoms with van der Waals surface area (Å²) in [5.74, 6) is 0. The third-order valence-corrected chi connectivity index (χ3v) is 2.48. The van der Waals surface area contributed by atoms with Crippen molar-refractivity contribution in [2.45, 2.75) is 38.9 Å². The van der Waals surface area contributed by atoms with E-state index in [0.29, 0.717) is 0 Å². The van der Waals surface area contributed by atoms with E-state index in [0.717, 1.165) is 0 Å². The van der Waals surface area contributed by atoms with Crippen molar-refractivity contribution in [1.29, 1.82) is 0 Å². The Hall–Kier alpha value is -0.763. The van der Waals surface area contributed by atoms with Crippen LogP contribution in [0.25, 0.3) is 0 Å². The molecule has 1 saturated heterocycles. The van der Waals surface area contributed by atoms with Crippen molar-refractivity contribution >= 4 is 14.5 Å². The Morgan fingerprint density at radius 3 is 1.88 bits per heavy atom. The first-order valence-corrected chi connectivity index (χ1v) is 9.96. The highest BCUT2D eigenvalue weighted by Gasteiger charge is 2.09. The second-order valence-electron chi connectivity index (χ2n) is 5.12. The number of anilines is 1. The molecule has 0 spiro atoms. The quantitative estimate of drug-likeness (QED) is 0.670. The van der Waals surface area contributed by atoms with Crippen LogP contribution in [0.5, 0.6) is 0 Å². The maximum atomic E-state index is 2.48. The van der Waals surface area contributed by atoms with Crippen molar-refractivity contribution in [1.82, 2.24) is 0 Å². The number of nitrogens with zero attached hydrogens (tertiary/aromatic N) is 1. The number of para-hydroxylation sites is 1. The molecule has 1 aliphatic heterocycles. The molecule has 1 aliphatic rings. The molecule has 0 N–H and O–H groups in total. The number of benzene rings is 1. The van der Waals surface area contributed by atoms with Crippen molar-refractivity contribution in [3.05, 3.63) is 30.3 Å². The molecule has 90 valence electrons. The van der Waals surface area contributed by atoms with Gasteiger partial charge < -0.3 is 4.90 Å². The van der Waals surface area contributed by atoms with Gasteiger partial charge in [-0.2, -0.15) is 0 Å². The molecule has 0 radical (unpaired) electrons. The van der Waals surface area contributed by atoms with Crippen LogP contribution in [0.3, 0.4) is 0 Å². The standard InChI is InChI=1S/C11H15N.C3H10Si/c1-3-7-11(8-4-1)12-9-5-2-6-10-12;1-4(2)3/h1,3-4,7-8H,2,5-6,9-10H2;4H,1-3H3. The molecule has 2 heteroatoms. The molecule has 0 saturated carbocycles. The van der Waals surface area contributed by atoms with Gasteiger partial charge in [0.25, 0.3) is 0 Å². The molecule has 0 aromatic heterocycles. The molecule has 0 aliphatic carbocycles. The van der Waals surface area contributed by atoms with E-state index < -0.39 is 0 Å². The molecular formula is C14H25NSi. The zero-order valence-electron chi connectivity index (χ0n) is 10.9. The molecule has 1 aromatic rings. The molecule has 16 heavy (non-hydrogen) atoms.